The smallest absolute Gasteiger partial charge is 0.433 e. The summed E-state index contributed by atoms with van der Waals surface area (Å²) in [5.41, 5.74) is -4.78. The Morgan fingerprint density at radius 3 is 2.19 bits per heavy atom. The average Bonchev–Trinajstić information content (AvgIpc) is 2.87. The molecule has 0 spiro atoms. The van der Waals surface area contributed by atoms with Crippen molar-refractivity contribution in [3.63, 3.8) is 0 Å². The van der Waals surface area contributed by atoms with Gasteiger partial charge in [-0.3, -0.25) is 0 Å². The van der Waals surface area contributed by atoms with E-state index >= 15 is 0 Å². The molecule has 0 unspecified atom stereocenters. The third-order valence-corrected chi connectivity index (χ3v) is 3.75. The SMILES string of the molecule is CC(C)OC(=O)c1cc(-c2nc(Br)c(C(F)(F)F)[nH]2)c(F)cc1C(F)(F)F. The number of hydrogen-bond donors (Lipinski definition) is 1. The second-order valence-electron chi connectivity index (χ2n) is 5.58. The summed E-state index contributed by atoms with van der Waals surface area (Å²) in [5, 5.41) is 0. The zero-order valence-electron chi connectivity index (χ0n) is 13.5. The fourth-order valence-electron chi connectivity index (χ4n) is 2.10. The molecule has 0 fully saturated rings. The molecule has 1 heterocycles. The van der Waals surface area contributed by atoms with Gasteiger partial charge < -0.3 is 9.72 Å². The van der Waals surface area contributed by atoms with Gasteiger partial charge in [0.15, 0.2) is 5.69 Å². The summed E-state index contributed by atoms with van der Waals surface area (Å²) in [5.74, 6) is -3.63. The number of aromatic nitrogens is 2. The van der Waals surface area contributed by atoms with Crippen molar-refractivity contribution in [3.05, 3.63) is 39.4 Å². The van der Waals surface area contributed by atoms with Crippen molar-refractivity contribution in [2.24, 2.45) is 0 Å². The minimum absolute atomic E-state index is 0.00986. The van der Waals surface area contributed by atoms with Gasteiger partial charge in [0, 0.05) is 0 Å². The van der Waals surface area contributed by atoms with E-state index in [0.29, 0.717) is 6.07 Å². The fraction of sp³-hybridized carbons (Fsp3) is 0.333. The fourth-order valence-corrected chi connectivity index (χ4v) is 2.60. The van der Waals surface area contributed by atoms with Crippen LogP contribution in [0.3, 0.4) is 0 Å². The number of hydrogen-bond acceptors (Lipinski definition) is 3. The molecule has 1 aromatic carbocycles. The molecule has 2 rings (SSSR count). The van der Waals surface area contributed by atoms with Crippen molar-refractivity contribution in [3.8, 4) is 11.4 Å². The molecular formula is C15H10BrF7N2O2. The number of aromatic amines is 1. The number of alkyl halides is 6. The Balaban J connectivity index is 2.67. The van der Waals surface area contributed by atoms with Crippen LogP contribution >= 0.6 is 15.9 Å². The number of H-pyrrole nitrogens is 1. The van der Waals surface area contributed by atoms with Crippen LogP contribution in [0.2, 0.25) is 0 Å². The molecule has 148 valence electrons. The van der Waals surface area contributed by atoms with E-state index in [9.17, 15) is 35.5 Å². The Kier molecular flexibility index (Phi) is 5.60. The highest BCUT2D eigenvalue weighted by Crippen LogP contribution is 2.38. The summed E-state index contributed by atoms with van der Waals surface area (Å²) >= 11 is 2.54. The normalized spacial score (nSPS) is 12.6. The summed E-state index contributed by atoms with van der Waals surface area (Å²) in [6, 6.07) is 0.463. The van der Waals surface area contributed by atoms with Crippen molar-refractivity contribution < 1.29 is 40.3 Å². The van der Waals surface area contributed by atoms with Crippen molar-refractivity contribution >= 4 is 21.9 Å². The van der Waals surface area contributed by atoms with Crippen LogP contribution in [0.5, 0.6) is 0 Å². The maximum atomic E-state index is 14.2. The Labute approximate surface area is 155 Å². The van der Waals surface area contributed by atoms with E-state index in [1.165, 1.54) is 13.8 Å². The molecule has 4 nitrogen and oxygen atoms in total. The van der Waals surface area contributed by atoms with Gasteiger partial charge in [0.05, 0.1) is 22.8 Å². The van der Waals surface area contributed by atoms with Gasteiger partial charge in [-0.25, -0.2) is 14.2 Å². The number of benzene rings is 1. The summed E-state index contributed by atoms with van der Waals surface area (Å²) < 4.78 is 96.1. The van der Waals surface area contributed by atoms with E-state index in [1.807, 2.05) is 0 Å². The van der Waals surface area contributed by atoms with Crippen molar-refractivity contribution in [1.82, 2.24) is 9.97 Å². The molecule has 27 heavy (non-hydrogen) atoms. The number of nitrogens with one attached hydrogen (secondary N) is 1. The monoisotopic (exact) mass is 462 g/mol. The van der Waals surface area contributed by atoms with E-state index in [2.05, 4.69) is 20.9 Å². The lowest BCUT2D eigenvalue weighted by atomic mass is 10.0. The summed E-state index contributed by atoms with van der Waals surface area (Å²) in [7, 11) is 0. The first-order valence-electron chi connectivity index (χ1n) is 7.16. The number of carbonyl (C=O) groups is 1. The Hall–Kier alpha value is -2.11. The highest BCUT2D eigenvalue weighted by Gasteiger charge is 2.39. The van der Waals surface area contributed by atoms with Gasteiger partial charge in [0.25, 0.3) is 0 Å². The van der Waals surface area contributed by atoms with Crippen LogP contribution < -0.4 is 0 Å². The van der Waals surface area contributed by atoms with Gasteiger partial charge in [-0.05, 0) is 41.9 Å². The Morgan fingerprint density at radius 1 is 1.15 bits per heavy atom. The van der Waals surface area contributed by atoms with Crippen LogP contribution in [0.4, 0.5) is 30.7 Å². The molecule has 0 saturated heterocycles. The average molecular weight is 463 g/mol. The minimum Gasteiger partial charge on any atom is -0.459 e. The molecule has 1 N–H and O–H groups in total. The summed E-state index contributed by atoms with van der Waals surface area (Å²) in [6.45, 7) is 2.77. The first-order chi connectivity index (χ1) is 12.2. The molecule has 12 heteroatoms. The second-order valence-corrected chi connectivity index (χ2v) is 6.33. The lowest BCUT2D eigenvalue weighted by Crippen LogP contribution is -2.18. The molecule has 0 bridgehead atoms. The van der Waals surface area contributed by atoms with Crippen molar-refractivity contribution in [2.45, 2.75) is 32.3 Å². The molecule has 1 aromatic heterocycles. The van der Waals surface area contributed by atoms with E-state index in [1.54, 1.807) is 4.98 Å². The summed E-state index contributed by atoms with van der Waals surface area (Å²) in [6.07, 6.45) is -10.7. The van der Waals surface area contributed by atoms with Gasteiger partial charge in [-0.2, -0.15) is 26.3 Å². The zero-order chi connectivity index (χ0) is 20.7. The third-order valence-electron chi connectivity index (χ3n) is 3.17. The van der Waals surface area contributed by atoms with Gasteiger partial charge >= 0.3 is 18.3 Å². The van der Waals surface area contributed by atoms with Crippen LogP contribution in [0.15, 0.2) is 16.7 Å². The quantitative estimate of drug-likeness (QED) is 0.478. The first kappa shape index (κ1) is 21.2. The Bertz CT molecular complexity index is 872. The number of rotatable bonds is 3. The van der Waals surface area contributed by atoms with Crippen LogP contribution in [0.25, 0.3) is 11.4 Å². The zero-order valence-corrected chi connectivity index (χ0v) is 15.1. The predicted octanol–water partition coefficient (Wildman–Crippen LogP) is 5.58. The molecule has 0 radical (unpaired) electrons. The van der Waals surface area contributed by atoms with Gasteiger partial charge in [-0.15, -0.1) is 0 Å². The Morgan fingerprint density at radius 2 is 1.74 bits per heavy atom. The van der Waals surface area contributed by atoms with E-state index in [4.69, 9.17) is 4.74 Å². The van der Waals surface area contributed by atoms with Crippen LogP contribution in [0.1, 0.15) is 35.5 Å². The van der Waals surface area contributed by atoms with Crippen LogP contribution in [0, 0.1) is 5.82 Å². The lowest BCUT2D eigenvalue weighted by Gasteiger charge is -2.15. The first-order valence-corrected chi connectivity index (χ1v) is 7.96. The van der Waals surface area contributed by atoms with Gasteiger partial charge in [0.1, 0.15) is 16.2 Å². The van der Waals surface area contributed by atoms with Crippen molar-refractivity contribution in [1.29, 1.82) is 0 Å². The highest BCUT2D eigenvalue weighted by atomic mass is 79.9. The molecule has 0 atom stereocenters. The maximum Gasteiger partial charge on any atom is 0.433 e. The van der Waals surface area contributed by atoms with Gasteiger partial charge in [0.2, 0.25) is 0 Å². The second kappa shape index (κ2) is 7.13. The number of nitrogens with zero attached hydrogens (tertiary/aromatic N) is 1. The largest absolute Gasteiger partial charge is 0.459 e. The molecule has 0 amide bonds. The molecular weight excluding hydrogens is 453 g/mol. The topological polar surface area (TPSA) is 55.0 Å². The standard InChI is InChI=1S/C15H10BrF7N2O2/c1-5(2)27-13(26)6-3-7(9(17)4-8(6)14(18,19)20)12-24-10(11(16)25-12)15(21,22)23/h3-5H,1-2H3,(H,24,25). The van der Waals surface area contributed by atoms with E-state index in [-0.39, 0.29) is 6.07 Å². The number of imidazole rings is 1. The predicted molar refractivity (Wildman–Crippen MR) is 82.2 cm³/mol. The van der Waals surface area contributed by atoms with Crippen LogP contribution in [-0.4, -0.2) is 22.0 Å². The summed E-state index contributed by atoms with van der Waals surface area (Å²) in [4.78, 5) is 17.2. The number of carbonyl (C=O) groups excluding carboxylic acids is 1. The molecule has 2 aromatic rings. The third kappa shape index (κ3) is 4.60. The molecule has 0 aliphatic rings. The maximum absolute atomic E-state index is 14.2. The van der Waals surface area contributed by atoms with Crippen molar-refractivity contribution in [2.75, 3.05) is 0 Å². The highest BCUT2D eigenvalue weighted by molar-refractivity contribution is 9.10. The number of ether oxygens (including phenoxy) is 1. The lowest BCUT2D eigenvalue weighted by molar-refractivity contribution is -0.141. The number of esters is 1. The van der Waals surface area contributed by atoms with E-state index in [0.717, 1.165) is 0 Å². The number of halogens is 8. The molecule has 0 saturated carbocycles. The molecule has 0 aliphatic heterocycles. The van der Waals surface area contributed by atoms with Crippen LogP contribution in [-0.2, 0) is 17.1 Å². The van der Waals surface area contributed by atoms with Gasteiger partial charge in [-0.1, -0.05) is 0 Å². The van der Waals surface area contributed by atoms with E-state index < -0.39 is 63.1 Å². The minimum atomic E-state index is -5.09. The molecule has 0 aliphatic carbocycles.